The molecule has 0 N–H and O–H groups in total. The SMILES string of the molecule is CN(C)c1ccc(-c2nc3ccc(Cl)cn3c2N=O)cc1. The van der Waals surface area contributed by atoms with Gasteiger partial charge < -0.3 is 4.90 Å². The van der Waals surface area contributed by atoms with Crippen LogP contribution in [0.2, 0.25) is 5.02 Å². The first-order chi connectivity index (χ1) is 10.1. The second kappa shape index (κ2) is 5.18. The predicted octanol–water partition coefficient (Wildman–Crippen LogP) is 4.12. The highest BCUT2D eigenvalue weighted by Crippen LogP contribution is 2.32. The summed E-state index contributed by atoms with van der Waals surface area (Å²) in [5.41, 5.74) is 3.11. The van der Waals surface area contributed by atoms with Gasteiger partial charge in [-0.3, -0.25) is 4.40 Å². The fraction of sp³-hybridized carbons (Fsp3) is 0.133. The van der Waals surface area contributed by atoms with Crippen LogP contribution in [0.1, 0.15) is 0 Å². The minimum Gasteiger partial charge on any atom is -0.378 e. The Balaban J connectivity index is 2.17. The zero-order chi connectivity index (χ0) is 15.0. The molecule has 0 bridgehead atoms. The maximum atomic E-state index is 11.2. The van der Waals surface area contributed by atoms with E-state index in [1.54, 1.807) is 22.7 Å². The fourth-order valence-electron chi connectivity index (χ4n) is 2.20. The van der Waals surface area contributed by atoms with Crippen molar-refractivity contribution in [2.75, 3.05) is 19.0 Å². The van der Waals surface area contributed by atoms with E-state index in [4.69, 9.17) is 11.6 Å². The lowest BCUT2D eigenvalue weighted by molar-refractivity contribution is 1.13. The van der Waals surface area contributed by atoms with Gasteiger partial charge in [0.05, 0.1) is 5.02 Å². The molecule has 0 aliphatic heterocycles. The summed E-state index contributed by atoms with van der Waals surface area (Å²) in [6, 6.07) is 11.3. The summed E-state index contributed by atoms with van der Waals surface area (Å²) >= 11 is 5.96. The standard InChI is InChI=1S/C15H13ClN4O/c1-19(2)12-6-3-10(4-7-12)14-15(18-21)20-9-11(16)5-8-13(20)17-14/h3-9H,1-2H3. The number of aromatic nitrogens is 2. The molecule has 0 unspecified atom stereocenters. The minimum absolute atomic E-state index is 0.255. The average Bonchev–Trinajstić information content (AvgIpc) is 2.85. The van der Waals surface area contributed by atoms with Crippen LogP contribution >= 0.6 is 11.6 Å². The Kier molecular flexibility index (Phi) is 3.35. The number of halogens is 1. The molecule has 0 saturated carbocycles. The lowest BCUT2D eigenvalue weighted by Gasteiger charge is -2.12. The van der Waals surface area contributed by atoms with E-state index in [1.807, 2.05) is 43.3 Å². The molecule has 3 aromatic rings. The summed E-state index contributed by atoms with van der Waals surface area (Å²) in [7, 11) is 3.95. The number of anilines is 1. The van der Waals surface area contributed by atoms with E-state index in [9.17, 15) is 4.91 Å². The summed E-state index contributed by atoms with van der Waals surface area (Å²) in [5, 5.41) is 3.64. The molecule has 0 aliphatic carbocycles. The van der Waals surface area contributed by atoms with E-state index >= 15 is 0 Å². The molecule has 6 heteroatoms. The largest absolute Gasteiger partial charge is 0.378 e. The number of fused-ring (bicyclic) bond motifs is 1. The van der Waals surface area contributed by atoms with Gasteiger partial charge in [0.25, 0.3) is 0 Å². The van der Waals surface area contributed by atoms with Gasteiger partial charge in [0.2, 0.25) is 5.82 Å². The molecule has 21 heavy (non-hydrogen) atoms. The first kappa shape index (κ1) is 13.6. The molecule has 106 valence electrons. The van der Waals surface area contributed by atoms with Gasteiger partial charge in [-0.15, -0.1) is 4.91 Å². The molecule has 0 radical (unpaired) electrons. The molecule has 0 fully saturated rings. The third kappa shape index (κ3) is 2.36. The van der Waals surface area contributed by atoms with Crippen LogP contribution in [0.5, 0.6) is 0 Å². The lowest BCUT2D eigenvalue weighted by Crippen LogP contribution is -2.07. The van der Waals surface area contributed by atoms with Crippen molar-refractivity contribution in [1.29, 1.82) is 0 Å². The molecule has 0 amide bonds. The normalized spacial score (nSPS) is 10.8. The number of pyridine rings is 1. The maximum absolute atomic E-state index is 11.2. The molecule has 0 spiro atoms. The van der Waals surface area contributed by atoms with Gasteiger partial charge in [0.15, 0.2) is 0 Å². The van der Waals surface area contributed by atoms with Crippen LogP contribution in [0.25, 0.3) is 16.9 Å². The molecule has 2 aromatic heterocycles. The summed E-state index contributed by atoms with van der Waals surface area (Å²) in [6.07, 6.45) is 1.64. The number of imidazole rings is 1. The van der Waals surface area contributed by atoms with Gasteiger partial charge in [0.1, 0.15) is 11.3 Å². The number of nitroso groups, excluding NO2 is 1. The first-order valence-electron chi connectivity index (χ1n) is 6.39. The van der Waals surface area contributed by atoms with Gasteiger partial charge in [-0.2, -0.15) is 0 Å². The highest BCUT2D eigenvalue weighted by molar-refractivity contribution is 6.30. The third-order valence-electron chi connectivity index (χ3n) is 3.30. The van der Waals surface area contributed by atoms with Crippen LogP contribution in [-0.4, -0.2) is 23.5 Å². The second-order valence-electron chi connectivity index (χ2n) is 4.89. The summed E-state index contributed by atoms with van der Waals surface area (Å²) in [6.45, 7) is 0. The van der Waals surface area contributed by atoms with E-state index < -0.39 is 0 Å². The smallest absolute Gasteiger partial charge is 0.209 e. The van der Waals surface area contributed by atoms with Gasteiger partial charge in [-0.05, 0) is 29.4 Å². The Bertz CT molecular complexity index is 808. The van der Waals surface area contributed by atoms with E-state index in [1.165, 1.54) is 0 Å². The third-order valence-corrected chi connectivity index (χ3v) is 3.52. The van der Waals surface area contributed by atoms with Crippen molar-refractivity contribution in [3.05, 3.63) is 52.5 Å². The second-order valence-corrected chi connectivity index (χ2v) is 5.33. The summed E-state index contributed by atoms with van der Waals surface area (Å²) in [5.74, 6) is 0.255. The van der Waals surface area contributed by atoms with Crippen LogP contribution in [0.3, 0.4) is 0 Å². The number of hydrogen-bond donors (Lipinski definition) is 0. The van der Waals surface area contributed by atoms with Crippen molar-refractivity contribution in [3.8, 4) is 11.3 Å². The van der Waals surface area contributed by atoms with E-state index in [2.05, 4.69) is 10.2 Å². The Morgan fingerprint density at radius 3 is 2.48 bits per heavy atom. The lowest BCUT2D eigenvalue weighted by atomic mass is 10.1. The van der Waals surface area contributed by atoms with E-state index in [-0.39, 0.29) is 5.82 Å². The number of rotatable bonds is 3. The zero-order valence-electron chi connectivity index (χ0n) is 11.6. The summed E-state index contributed by atoms with van der Waals surface area (Å²) < 4.78 is 1.60. The van der Waals surface area contributed by atoms with Gasteiger partial charge >= 0.3 is 0 Å². The molecular weight excluding hydrogens is 288 g/mol. The first-order valence-corrected chi connectivity index (χ1v) is 6.76. The van der Waals surface area contributed by atoms with Crippen molar-refractivity contribution >= 4 is 28.8 Å². The van der Waals surface area contributed by atoms with Crippen molar-refractivity contribution < 1.29 is 0 Å². The molecule has 0 atom stereocenters. The fourth-order valence-corrected chi connectivity index (χ4v) is 2.37. The van der Waals surface area contributed by atoms with Crippen LogP contribution in [-0.2, 0) is 0 Å². The van der Waals surface area contributed by atoms with Crippen molar-refractivity contribution in [3.63, 3.8) is 0 Å². The maximum Gasteiger partial charge on any atom is 0.209 e. The Labute approximate surface area is 126 Å². The highest BCUT2D eigenvalue weighted by atomic mass is 35.5. The van der Waals surface area contributed by atoms with Gasteiger partial charge in [-0.25, -0.2) is 4.98 Å². The molecule has 5 nitrogen and oxygen atoms in total. The van der Waals surface area contributed by atoms with Gasteiger partial charge in [0, 0.05) is 31.5 Å². The van der Waals surface area contributed by atoms with Crippen molar-refractivity contribution in [1.82, 2.24) is 9.38 Å². The topological polar surface area (TPSA) is 50.0 Å². The van der Waals surface area contributed by atoms with E-state index in [0.717, 1.165) is 11.3 Å². The quantitative estimate of drug-likeness (QED) is 0.684. The predicted molar refractivity (Wildman–Crippen MR) is 85.4 cm³/mol. The monoisotopic (exact) mass is 300 g/mol. The van der Waals surface area contributed by atoms with Crippen molar-refractivity contribution in [2.45, 2.75) is 0 Å². The van der Waals surface area contributed by atoms with Crippen LogP contribution in [0.4, 0.5) is 11.5 Å². The average molecular weight is 301 g/mol. The number of nitrogens with zero attached hydrogens (tertiary/aromatic N) is 4. The molecule has 3 rings (SSSR count). The van der Waals surface area contributed by atoms with Crippen LogP contribution < -0.4 is 4.90 Å². The molecule has 2 heterocycles. The Morgan fingerprint density at radius 1 is 1.14 bits per heavy atom. The number of hydrogen-bond acceptors (Lipinski definition) is 4. The highest BCUT2D eigenvalue weighted by Gasteiger charge is 2.15. The summed E-state index contributed by atoms with van der Waals surface area (Å²) in [4.78, 5) is 17.7. The molecule has 0 saturated heterocycles. The molecule has 1 aromatic carbocycles. The van der Waals surface area contributed by atoms with Crippen LogP contribution in [0, 0.1) is 4.91 Å². The van der Waals surface area contributed by atoms with Crippen molar-refractivity contribution in [2.24, 2.45) is 5.18 Å². The Hall–Kier alpha value is -2.40. The van der Waals surface area contributed by atoms with Crippen LogP contribution in [0.15, 0.2) is 47.8 Å². The van der Waals surface area contributed by atoms with Gasteiger partial charge in [-0.1, -0.05) is 23.7 Å². The zero-order valence-corrected chi connectivity index (χ0v) is 12.4. The molecule has 0 aliphatic rings. The number of benzene rings is 1. The van der Waals surface area contributed by atoms with E-state index in [0.29, 0.717) is 16.4 Å². The Morgan fingerprint density at radius 2 is 1.86 bits per heavy atom. The molecular formula is C15H13ClN4O. The minimum atomic E-state index is 0.255.